The first-order valence-corrected chi connectivity index (χ1v) is 6.16. The third-order valence-electron chi connectivity index (χ3n) is 2.94. The van der Waals surface area contributed by atoms with Crippen molar-refractivity contribution < 1.29 is 9.53 Å². The Labute approximate surface area is 107 Å². The predicted octanol–water partition coefficient (Wildman–Crippen LogP) is 1.62. The second kappa shape index (κ2) is 5.84. The molecule has 0 spiro atoms. The summed E-state index contributed by atoms with van der Waals surface area (Å²) in [4.78, 5) is 11.7. The maximum atomic E-state index is 11.7. The average Bonchev–Trinajstić information content (AvgIpc) is 2.82. The molecule has 2 amide bonds. The van der Waals surface area contributed by atoms with Crippen LogP contribution in [-0.4, -0.2) is 25.3 Å². The normalized spacial score (nSPS) is 20.4. The molecule has 2 atom stereocenters. The number of anilines is 1. The summed E-state index contributed by atoms with van der Waals surface area (Å²) in [7, 11) is 0. The lowest BCUT2D eigenvalue weighted by Gasteiger charge is -2.13. The average molecular weight is 249 g/mol. The highest BCUT2D eigenvalue weighted by molar-refractivity contribution is 5.89. The van der Waals surface area contributed by atoms with E-state index in [2.05, 4.69) is 10.6 Å². The minimum Gasteiger partial charge on any atom is -0.379 e. The number of carbonyl (C=O) groups is 1. The van der Waals surface area contributed by atoms with Gasteiger partial charge < -0.3 is 21.1 Å². The van der Waals surface area contributed by atoms with Crippen LogP contribution in [0, 0.1) is 0 Å². The molecule has 0 aromatic heterocycles. The minimum atomic E-state index is -0.202. The first kappa shape index (κ1) is 12.9. The van der Waals surface area contributed by atoms with E-state index in [1.54, 1.807) is 0 Å². The summed E-state index contributed by atoms with van der Waals surface area (Å²) in [6.45, 7) is 3.22. The molecule has 0 aliphatic carbocycles. The first-order chi connectivity index (χ1) is 8.65. The van der Waals surface area contributed by atoms with Crippen molar-refractivity contribution in [2.75, 3.05) is 18.5 Å². The van der Waals surface area contributed by atoms with Crippen molar-refractivity contribution in [2.45, 2.75) is 25.4 Å². The van der Waals surface area contributed by atoms with Gasteiger partial charge in [-0.1, -0.05) is 12.1 Å². The Balaban J connectivity index is 1.91. The number of carbonyl (C=O) groups excluding carboxylic acids is 1. The van der Waals surface area contributed by atoms with Crippen molar-refractivity contribution in [2.24, 2.45) is 5.73 Å². The molecule has 1 saturated heterocycles. The third kappa shape index (κ3) is 3.45. The van der Waals surface area contributed by atoms with Crippen LogP contribution in [0.5, 0.6) is 0 Å². The van der Waals surface area contributed by atoms with Crippen LogP contribution in [-0.2, 0) is 4.74 Å². The van der Waals surface area contributed by atoms with Gasteiger partial charge in [0.25, 0.3) is 0 Å². The fourth-order valence-electron chi connectivity index (χ4n) is 1.90. The Bertz CT molecular complexity index is 414. The molecule has 0 saturated carbocycles. The van der Waals surface area contributed by atoms with Gasteiger partial charge in [0.2, 0.25) is 0 Å². The molecule has 1 aliphatic heterocycles. The molecule has 2 unspecified atom stereocenters. The van der Waals surface area contributed by atoms with E-state index in [9.17, 15) is 4.79 Å². The SMILES string of the molecule is CC(N)c1cccc(NC(=O)NC2CCOC2)c1. The van der Waals surface area contributed by atoms with Crippen molar-refractivity contribution in [1.82, 2.24) is 5.32 Å². The summed E-state index contributed by atoms with van der Waals surface area (Å²) in [6, 6.07) is 7.42. The molecular weight excluding hydrogens is 230 g/mol. The molecule has 98 valence electrons. The number of hydrogen-bond donors (Lipinski definition) is 3. The fraction of sp³-hybridized carbons (Fsp3) is 0.462. The van der Waals surface area contributed by atoms with Crippen LogP contribution in [0.15, 0.2) is 24.3 Å². The molecule has 1 fully saturated rings. The van der Waals surface area contributed by atoms with E-state index in [1.807, 2.05) is 31.2 Å². The highest BCUT2D eigenvalue weighted by Gasteiger charge is 2.17. The van der Waals surface area contributed by atoms with Gasteiger partial charge in [-0.3, -0.25) is 0 Å². The number of benzene rings is 1. The molecule has 1 aromatic carbocycles. The quantitative estimate of drug-likeness (QED) is 0.761. The zero-order chi connectivity index (χ0) is 13.0. The van der Waals surface area contributed by atoms with Crippen molar-refractivity contribution in [3.63, 3.8) is 0 Å². The highest BCUT2D eigenvalue weighted by atomic mass is 16.5. The molecule has 1 aromatic rings. The zero-order valence-corrected chi connectivity index (χ0v) is 10.5. The molecule has 1 aliphatic rings. The van der Waals surface area contributed by atoms with Gasteiger partial charge in [0, 0.05) is 18.3 Å². The summed E-state index contributed by atoms with van der Waals surface area (Å²) in [5, 5.41) is 5.67. The number of amides is 2. The van der Waals surface area contributed by atoms with E-state index >= 15 is 0 Å². The van der Waals surface area contributed by atoms with E-state index in [0.29, 0.717) is 13.2 Å². The maximum Gasteiger partial charge on any atom is 0.319 e. The Morgan fingerprint density at radius 2 is 2.39 bits per heavy atom. The molecule has 5 nitrogen and oxygen atoms in total. The second-order valence-corrected chi connectivity index (χ2v) is 4.57. The summed E-state index contributed by atoms with van der Waals surface area (Å²) in [5.41, 5.74) is 7.55. The van der Waals surface area contributed by atoms with Crippen molar-refractivity contribution in [3.8, 4) is 0 Å². The molecule has 5 heteroatoms. The fourth-order valence-corrected chi connectivity index (χ4v) is 1.90. The van der Waals surface area contributed by atoms with E-state index in [1.165, 1.54) is 0 Å². The molecular formula is C13H19N3O2. The number of rotatable bonds is 3. The topological polar surface area (TPSA) is 76.4 Å². The van der Waals surface area contributed by atoms with Crippen molar-refractivity contribution >= 4 is 11.7 Å². The molecule has 0 bridgehead atoms. The van der Waals surface area contributed by atoms with Crippen LogP contribution >= 0.6 is 0 Å². The zero-order valence-electron chi connectivity index (χ0n) is 10.5. The second-order valence-electron chi connectivity index (χ2n) is 4.57. The lowest BCUT2D eigenvalue weighted by atomic mass is 10.1. The van der Waals surface area contributed by atoms with Gasteiger partial charge in [-0.05, 0) is 31.0 Å². The molecule has 4 N–H and O–H groups in total. The van der Waals surface area contributed by atoms with E-state index in [4.69, 9.17) is 10.5 Å². The van der Waals surface area contributed by atoms with Gasteiger partial charge >= 0.3 is 6.03 Å². The molecule has 18 heavy (non-hydrogen) atoms. The van der Waals surface area contributed by atoms with Crippen LogP contribution in [0.25, 0.3) is 0 Å². The summed E-state index contributed by atoms with van der Waals surface area (Å²) in [5.74, 6) is 0. The molecule has 2 rings (SSSR count). The number of urea groups is 1. The van der Waals surface area contributed by atoms with Gasteiger partial charge in [-0.15, -0.1) is 0 Å². The Kier molecular flexibility index (Phi) is 4.17. The minimum absolute atomic E-state index is 0.0435. The summed E-state index contributed by atoms with van der Waals surface area (Å²) < 4.78 is 5.20. The van der Waals surface area contributed by atoms with Crippen LogP contribution < -0.4 is 16.4 Å². The summed E-state index contributed by atoms with van der Waals surface area (Å²) in [6.07, 6.45) is 0.868. The van der Waals surface area contributed by atoms with Gasteiger partial charge in [0.1, 0.15) is 0 Å². The highest BCUT2D eigenvalue weighted by Crippen LogP contribution is 2.15. The first-order valence-electron chi connectivity index (χ1n) is 6.16. The van der Waals surface area contributed by atoms with Gasteiger partial charge in [0.15, 0.2) is 0 Å². The Morgan fingerprint density at radius 3 is 3.06 bits per heavy atom. The Morgan fingerprint density at radius 1 is 1.56 bits per heavy atom. The van der Waals surface area contributed by atoms with Gasteiger partial charge in [-0.2, -0.15) is 0 Å². The van der Waals surface area contributed by atoms with Crippen LogP contribution in [0.3, 0.4) is 0 Å². The molecule has 0 radical (unpaired) electrons. The predicted molar refractivity (Wildman–Crippen MR) is 70.4 cm³/mol. The van der Waals surface area contributed by atoms with E-state index in [0.717, 1.165) is 17.7 Å². The largest absolute Gasteiger partial charge is 0.379 e. The number of hydrogen-bond acceptors (Lipinski definition) is 3. The standard InChI is InChI=1S/C13H19N3O2/c1-9(14)10-3-2-4-11(7-10)15-13(17)16-12-5-6-18-8-12/h2-4,7,9,12H,5-6,8,14H2,1H3,(H2,15,16,17). The lowest BCUT2D eigenvalue weighted by molar-refractivity contribution is 0.189. The number of ether oxygens (including phenoxy) is 1. The molecule has 1 heterocycles. The Hall–Kier alpha value is -1.59. The monoisotopic (exact) mass is 249 g/mol. The number of nitrogens with two attached hydrogens (primary N) is 1. The van der Waals surface area contributed by atoms with Crippen LogP contribution in [0.4, 0.5) is 10.5 Å². The maximum absolute atomic E-state index is 11.7. The van der Waals surface area contributed by atoms with Gasteiger partial charge in [-0.25, -0.2) is 4.79 Å². The van der Waals surface area contributed by atoms with Crippen molar-refractivity contribution in [3.05, 3.63) is 29.8 Å². The lowest BCUT2D eigenvalue weighted by Crippen LogP contribution is -2.38. The summed E-state index contributed by atoms with van der Waals surface area (Å²) >= 11 is 0. The van der Waals surface area contributed by atoms with Gasteiger partial charge in [0.05, 0.1) is 12.6 Å². The van der Waals surface area contributed by atoms with Crippen molar-refractivity contribution in [1.29, 1.82) is 0 Å². The third-order valence-corrected chi connectivity index (χ3v) is 2.94. The van der Waals surface area contributed by atoms with Crippen LogP contribution in [0.2, 0.25) is 0 Å². The van der Waals surface area contributed by atoms with Crippen LogP contribution in [0.1, 0.15) is 24.9 Å². The smallest absolute Gasteiger partial charge is 0.319 e. The van der Waals surface area contributed by atoms with E-state index in [-0.39, 0.29) is 18.1 Å². The van der Waals surface area contributed by atoms with E-state index < -0.39 is 0 Å². The number of nitrogens with one attached hydrogen (secondary N) is 2.